The number of fused-ring (bicyclic) bond motifs is 1. The number of anilines is 1. The molecule has 1 saturated carbocycles. The van der Waals surface area contributed by atoms with Gasteiger partial charge in [-0.1, -0.05) is 36.5 Å². The van der Waals surface area contributed by atoms with Crippen LogP contribution in [0.2, 0.25) is 5.02 Å². The first kappa shape index (κ1) is 29.2. The highest BCUT2D eigenvalue weighted by Crippen LogP contribution is 2.38. The summed E-state index contributed by atoms with van der Waals surface area (Å²) in [5.74, 6) is 1.63. The molecule has 0 bridgehead atoms. The molecule has 1 saturated heterocycles. The molecule has 0 unspecified atom stereocenters. The number of imidazole rings is 1. The maximum atomic E-state index is 12.9. The Morgan fingerprint density at radius 2 is 1.79 bits per heavy atom. The molecule has 4 aromatic rings. The van der Waals surface area contributed by atoms with Crippen LogP contribution < -0.4 is 10.7 Å². The summed E-state index contributed by atoms with van der Waals surface area (Å²) in [6, 6.07) is 3.72. The molecule has 5 heterocycles. The number of pyridine rings is 2. The van der Waals surface area contributed by atoms with Crippen LogP contribution >= 0.6 is 11.6 Å². The monoisotopic (exact) mass is 607 g/mol. The quantitative estimate of drug-likeness (QED) is 0.339. The second-order valence-electron chi connectivity index (χ2n) is 12.4. The zero-order valence-electron chi connectivity index (χ0n) is 25.2. The fourth-order valence-electron chi connectivity index (χ4n) is 6.64. The lowest BCUT2D eigenvalue weighted by molar-refractivity contribution is 0.151. The SMILES string of the molecule is CC1CCC(Cn2c(N3[C@@H](C)CN(C(=O)N(C)C)C[C@@H]3C)nc3cc(-c4noc(=O)[nH]4)nc(-c4cncc(Cl)c4)c32)CC1. The Hall–Kier alpha value is -3.93. The molecule has 2 aliphatic rings. The molecule has 13 heteroatoms. The van der Waals surface area contributed by atoms with Crippen LogP contribution in [-0.4, -0.2) is 84.8 Å². The van der Waals surface area contributed by atoms with E-state index in [1.807, 2.05) is 17.0 Å². The Morgan fingerprint density at radius 3 is 2.42 bits per heavy atom. The Labute approximate surface area is 255 Å². The third-order valence-electron chi connectivity index (χ3n) is 8.74. The van der Waals surface area contributed by atoms with E-state index in [9.17, 15) is 9.59 Å². The van der Waals surface area contributed by atoms with Gasteiger partial charge in [0.25, 0.3) is 0 Å². The van der Waals surface area contributed by atoms with Crippen molar-refractivity contribution in [1.29, 1.82) is 0 Å². The van der Waals surface area contributed by atoms with Crippen LogP contribution in [0.3, 0.4) is 0 Å². The van der Waals surface area contributed by atoms with E-state index in [4.69, 9.17) is 26.1 Å². The molecule has 4 aromatic heterocycles. The highest BCUT2D eigenvalue weighted by Gasteiger charge is 2.36. The minimum absolute atomic E-state index is 0.00867. The second kappa shape index (κ2) is 11.6. The summed E-state index contributed by atoms with van der Waals surface area (Å²) in [4.78, 5) is 47.8. The van der Waals surface area contributed by atoms with Crippen molar-refractivity contribution >= 4 is 34.6 Å². The number of nitrogens with one attached hydrogen (secondary N) is 1. The Balaban J connectivity index is 1.54. The van der Waals surface area contributed by atoms with E-state index < -0.39 is 5.76 Å². The smallest absolute Gasteiger partial charge is 0.333 e. The molecule has 12 nitrogen and oxygen atoms in total. The molecule has 6 rings (SSSR count). The average Bonchev–Trinajstić information content (AvgIpc) is 3.56. The van der Waals surface area contributed by atoms with E-state index in [-0.39, 0.29) is 23.9 Å². The van der Waals surface area contributed by atoms with Gasteiger partial charge in [-0.25, -0.2) is 19.6 Å². The number of nitrogens with zero attached hydrogens (tertiary/aromatic N) is 8. The normalized spacial score (nSPS) is 22.7. The van der Waals surface area contributed by atoms with E-state index in [1.165, 1.54) is 12.8 Å². The number of carbonyl (C=O) groups is 1. The molecule has 0 radical (unpaired) electrons. The number of carbonyl (C=O) groups excluding carboxylic acids is 1. The lowest BCUT2D eigenvalue weighted by Crippen LogP contribution is -2.60. The Kier molecular flexibility index (Phi) is 7.89. The van der Waals surface area contributed by atoms with Gasteiger partial charge in [0, 0.05) is 63.8 Å². The minimum Gasteiger partial charge on any atom is -0.333 e. The molecule has 0 aromatic carbocycles. The van der Waals surface area contributed by atoms with E-state index in [0.29, 0.717) is 40.9 Å². The number of hydrogen-bond donors (Lipinski definition) is 1. The molecule has 1 aliphatic heterocycles. The summed E-state index contributed by atoms with van der Waals surface area (Å²) in [6.45, 7) is 8.57. The zero-order chi connectivity index (χ0) is 30.4. The van der Waals surface area contributed by atoms with Crippen molar-refractivity contribution in [3.05, 3.63) is 40.1 Å². The number of urea groups is 1. The molecule has 228 valence electrons. The van der Waals surface area contributed by atoms with Gasteiger partial charge in [-0.05, 0) is 50.7 Å². The standard InChI is InChI=1S/C30H38ClN9O3/c1-17-6-8-20(9-7-17)16-39-26-23(34-28(39)40-18(2)14-38(15-19(40)3)30(42)37(4)5)11-24(27-35-29(41)43-36-27)33-25(26)21-10-22(31)13-32-12-21/h10-13,17-20H,6-9,14-16H2,1-5H3,(H,35,36,41)/t17?,18-,19-,20?/m0/s1. The van der Waals surface area contributed by atoms with Gasteiger partial charge in [0.2, 0.25) is 11.8 Å². The fraction of sp³-hybridized carbons (Fsp3) is 0.533. The predicted molar refractivity (Wildman–Crippen MR) is 165 cm³/mol. The number of rotatable bonds is 5. The van der Waals surface area contributed by atoms with Gasteiger partial charge in [-0.2, -0.15) is 0 Å². The van der Waals surface area contributed by atoms with Gasteiger partial charge < -0.3 is 19.3 Å². The van der Waals surface area contributed by atoms with E-state index >= 15 is 0 Å². The van der Waals surface area contributed by atoms with Gasteiger partial charge in [-0.15, -0.1) is 0 Å². The number of piperazine rings is 1. The lowest BCUT2D eigenvalue weighted by atomic mass is 9.83. The first-order chi connectivity index (χ1) is 20.6. The Bertz CT molecular complexity index is 1680. The summed E-state index contributed by atoms with van der Waals surface area (Å²) in [5.41, 5.74) is 3.40. The number of aromatic nitrogens is 6. The van der Waals surface area contributed by atoms with Crippen molar-refractivity contribution in [3.8, 4) is 22.8 Å². The van der Waals surface area contributed by atoms with Crippen LogP contribution in [0.1, 0.15) is 46.5 Å². The van der Waals surface area contributed by atoms with E-state index in [0.717, 1.165) is 42.3 Å². The number of aromatic amines is 1. The molecule has 2 fully saturated rings. The van der Waals surface area contributed by atoms with Gasteiger partial charge >= 0.3 is 11.8 Å². The number of H-pyrrole nitrogens is 1. The molecular formula is C30H38ClN9O3. The van der Waals surface area contributed by atoms with Gasteiger partial charge in [0.1, 0.15) is 5.69 Å². The molecular weight excluding hydrogens is 570 g/mol. The minimum atomic E-state index is -0.659. The van der Waals surface area contributed by atoms with Crippen molar-refractivity contribution in [2.24, 2.45) is 11.8 Å². The van der Waals surface area contributed by atoms with Crippen molar-refractivity contribution in [2.75, 3.05) is 32.1 Å². The molecule has 2 amide bonds. The summed E-state index contributed by atoms with van der Waals surface area (Å²) in [7, 11) is 3.57. The summed E-state index contributed by atoms with van der Waals surface area (Å²) in [6.07, 6.45) is 8.03. The second-order valence-corrected chi connectivity index (χ2v) is 12.8. The zero-order valence-corrected chi connectivity index (χ0v) is 26.0. The van der Waals surface area contributed by atoms with Crippen LogP contribution in [0.4, 0.5) is 10.7 Å². The van der Waals surface area contributed by atoms with Crippen molar-refractivity contribution in [2.45, 2.75) is 65.1 Å². The summed E-state index contributed by atoms with van der Waals surface area (Å²) < 4.78 is 7.11. The first-order valence-corrected chi connectivity index (χ1v) is 15.3. The maximum absolute atomic E-state index is 12.9. The highest BCUT2D eigenvalue weighted by molar-refractivity contribution is 6.30. The van der Waals surface area contributed by atoms with Crippen LogP contribution in [0.5, 0.6) is 0 Å². The lowest BCUT2D eigenvalue weighted by Gasteiger charge is -2.45. The fourth-order valence-corrected chi connectivity index (χ4v) is 6.82. The predicted octanol–water partition coefficient (Wildman–Crippen LogP) is 4.90. The largest absolute Gasteiger partial charge is 0.439 e. The van der Waals surface area contributed by atoms with E-state index in [1.54, 1.807) is 31.4 Å². The number of halogens is 1. The maximum Gasteiger partial charge on any atom is 0.439 e. The third kappa shape index (κ3) is 5.72. The molecule has 43 heavy (non-hydrogen) atoms. The van der Waals surface area contributed by atoms with Crippen LogP contribution in [-0.2, 0) is 6.54 Å². The summed E-state index contributed by atoms with van der Waals surface area (Å²) in [5, 5.41) is 4.38. The number of hydrogen-bond acceptors (Lipinski definition) is 8. The third-order valence-corrected chi connectivity index (χ3v) is 8.95. The Morgan fingerprint density at radius 1 is 1.07 bits per heavy atom. The van der Waals surface area contributed by atoms with Crippen molar-refractivity contribution in [3.63, 3.8) is 0 Å². The molecule has 1 aliphatic carbocycles. The van der Waals surface area contributed by atoms with Gasteiger partial charge in [-0.3, -0.25) is 14.5 Å². The average molecular weight is 608 g/mol. The van der Waals surface area contributed by atoms with Crippen LogP contribution in [0.25, 0.3) is 33.8 Å². The van der Waals surface area contributed by atoms with Gasteiger partial charge in [0.05, 0.1) is 21.7 Å². The highest BCUT2D eigenvalue weighted by atomic mass is 35.5. The molecule has 1 N–H and O–H groups in total. The van der Waals surface area contributed by atoms with Crippen LogP contribution in [0, 0.1) is 11.8 Å². The van der Waals surface area contributed by atoms with Crippen molar-refractivity contribution in [1.82, 2.24) is 39.5 Å². The van der Waals surface area contributed by atoms with E-state index in [2.05, 4.69) is 45.4 Å². The van der Waals surface area contributed by atoms with Gasteiger partial charge in [0.15, 0.2) is 0 Å². The van der Waals surface area contributed by atoms with Crippen molar-refractivity contribution < 1.29 is 9.32 Å². The topological polar surface area (TPSA) is 129 Å². The van der Waals surface area contributed by atoms with Crippen LogP contribution in [0.15, 0.2) is 33.8 Å². The molecule has 0 spiro atoms. The number of amides is 2. The first-order valence-electron chi connectivity index (χ1n) is 14.9. The summed E-state index contributed by atoms with van der Waals surface area (Å²) >= 11 is 6.41. The molecule has 2 atom stereocenters.